The third kappa shape index (κ3) is 7.30. The summed E-state index contributed by atoms with van der Waals surface area (Å²) in [6, 6.07) is 21.5. The van der Waals surface area contributed by atoms with Crippen LogP contribution in [0.5, 0.6) is 5.75 Å². The molecule has 3 aromatic carbocycles. The van der Waals surface area contributed by atoms with Gasteiger partial charge in [-0.05, 0) is 54.8 Å². The van der Waals surface area contributed by atoms with Gasteiger partial charge >= 0.3 is 11.8 Å². The number of benzene rings is 3. The zero-order valence-electron chi connectivity index (χ0n) is 19.0. The van der Waals surface area contributed by atoms with Crippen molar-refractivity contribution in [1.82, 2.24) is 5.43 Å². The average Bonchev–Trinajstić information content (AvgIpc) is 2.84. The van der Waals surface area contributed by atoms with Crippen LogP contribution in [0.1, 0.15) is 23.6 Å². The topological polar surface area (TPSA) is 109 Å². The lowest BCUT2D eigenvalue weighted by atomic mass is 10.1. The molecule has 8 nitrogen and oxygen atoms in total. The highest BCUT2D eigenvalue weighted by Gasteiger charge is 2.12. The Bertz CT molecular complexity index is 1190. The number of aryl methyl sites for hydroxylation is 2. The molecule has 0 spiro atoms. The summed E-state index contributed by atoms with van der Waals surface area (Å²) in [4.78, 5) is 36.1. The van der Waals surface area contributed by atoms with Crippen molar-refractivity contribution in [1.29, 1.82) is 0 Å². The minimum Gasteiger partial charge on any atom is -0.484 e. The number of nitrogens with one attached hydrogen (secondary N) is 3. The first kappa shape index (κ1) is 24.2. The number of rotatable bonds is 8. The highest BCUT2D eigenvalue weighted by atomic mass is 16.5. The Balaban J connectivity index is 1.48. The molecule has 0 fully saturated rings. The second-order valence-electron chi connectivity index (χ2n) is 7.44. The van der Waals surface area contributed by atoms with Gasteiger partial charge < -0.3 is 15.4 Å². The molecule has 0 aliphatic heterocycles. The number of hydrogen-bond donors (Lipinski definition) is 3. The molecular weight excluding hydrogens is 432 g/mol. The van der Waals surface area contributed by atoms with E-state index in [0.717, 1.165) is 23.2 Å². The van der Waals surface area contributed by atoms with Gasteiger partial charge in [0.2, 0.25) is 0 Å². The molecule has 0 aliphatic carbocycles. The second kappa shape index (κ2) is 12.0. The Morgan fingerprint density at radius 3 is 2.44 bits per heavy atom. The Morgan fingerprint density at radius 2 is 1.68 bits per heavy atom. The molecule has 0 radical (unpaired) electrons. The number of anilines is 2. The number of para-hydroxylation sites is 1. The third-order valence-electron chi connectivity index (χ3n) is 4.80. The number of hydrazone groups is 1. The van der Waals surface area contributed by atoms with Gasteiger partial charge in [-0.3, -0.25) is 14.4 Å². The molecule has 8 heteroatoms. The van der Waals surface area contributed by atoms with Gasteiger partial charge in [-0.2, -0.15) is 5.10 Å². The normalized spacial score (nSPS) is 10.5. The van der Waals surface area contributed by atoms with Crippen molar-refractivity contribution in [3.8, 4) is 5.75 Å². The van der Waals surface area contributed by atoms with Crippen LogP contribution in [0, 0.1) is 6.92 Å². The van der Waals surface area contributed by atoms with Crippen LogP contribution in [-0.2, 0) is 20.8 Å². The summed E-state index contributed by atoms with van der Waals surface area (Å²) in [7, 11) is 0. The first-order valence-corrected chi connectivity index (χ1v) is 10.8. The van der Waals surface area contributed by atoms with Gasteiger partial charge in [0.15, 0.2) is 6.61 Å². The van der Waals surface area contributed by atoms with Crippen molar-refractivity contribution in [2.75, 3.05) is 17.2 Å². The number of amides is 3. The van der Waals surface area contributed by atoms with E-state index in [2.05, 4.69) is 21.2 Å². The van der Waals surface area contributed by atoms with Crippen LogP contribution in [-0.4, -0.2) is 30.5 Å². The van der Waals surface area contributed by atoms with Crippen LogP contribution < -0.4 is 20.8 Å². The van der Waals surface area contributed by atoms with Crippen molar-refractivity contribution in [2.45, 2.75) is 20.3 Å². The van der Waals surface area contributed by atoms with Crippen LogP contribution in [0.4, 0.5) is 11.4 Å². The van der Waals surface area contributed by atoms with E-state index in [4.69, 9.17) is 4.74 Å². The van der Waals surface area contributed by atoms with Crippen LogP contribution in [0.25, 0.3) is 0 Å². The molecule has 0 bridgehead atoms. The van der Waals surface area contributed by atoms with Gasteiger partial charge in [-0.25, -0.2) is 5.43 Å². The molecule has 3 rings (SSSR count). The zero-order valence-corrected chi connectivity index (χ0v) is 19.0. The number of ether oxygens (including phenoxy) is 1. The lowest BCUT2D eigenvalue weighted by molar-refractivity contribution is -0.136. The first-order chi connectivity index (χ1) is 16.4. The summed E-state index contributed by atoms with van der Waals surface area (Å²) in [5.74, 6) is -1.53. The van der Waals surface area contributed by atoms with Crippen molar-refractivity contribution in [3.63, 3.8) is 0 Å². The Labute approximate surface area is 198 Å². The van der Waals surface area contributed by atoms with Gasteiger partial charge in [0.25, 0.3) is 5.91 Å². The molecule has 0 heterocycles. The van der Waals surface area contributed by atoms with Gasteiger partial charge in [0.05, 0.1) is 6.21 Å². The lowest BCUT2D eigenvalue weighted by Gasteiger charge is -2.10. The number of hydrogen-bond acceptors (Lipinski definition) is 5. The predicted molar refractivity (Wildman–Crippen MR) is 132 cm³/mol. The molecular formula is C26H26N4O4. The number of nitrogens with zero attached hydrogens (tertiary/aromatic N) is 1. The minimum atomic E-state index is -0.895. The molecule has 3 N–H and O–H groups in total. The fraction of sp³-hybridized carbons (Fsp3) is 0.154. The Hall–Kier alpha value is -4.46. The van der Waals surface area contributed by atoms with Crippen molar-refractivity contribution < 1.29 is 19.1 Å². The molecule has 0 atom stereocenters. The molecule has 0 saturated carbocycles. The van der Waals surface area contributed by atoms with E-state index >= 15 is 0 Å². The minimum absolute atomic E-state index is 0.158. The van der Waals surface area contributed by atoms with E-state index < -0.39 is 11.8 Å². The van der Waals surface area contributed by atoms with Crippen LogP contribution in [0.2, 0.25) is 0 Å². The Kier molecular flexibility index (Phi) is 8.51. The summed E-state index contributed by atoms with van der Waals surface area (Å²) in [6.07, 6.45) is 2.18. The first-order valence-electron chi connectivity index (χ1n) is 10.8. The smallest absolute Gasteiger partial charge is 0.329 e. The van der Waals surface area contributed by atoms with E-state index in [0.29, 0.717) is 17.0 Å². The van der Waals surface area contributed by atoms with Gasteiger partial charge in [-0.15, -0.1) is 0 Å². The molecule has 0 aromatic heterocycles. The fourth-order valence-corrected chi connectivity index (χ4v) is 3.01. The maximum atomic E-state index is 12.2. The molecule has 0 saturated heterocycles. The number of carbonyl (C=O) groups is 3. The van der Waals surface area contributed by atoms with E-state index in [9.17, 15) is 14.4 Å². The summed E-state index contributed by atoms with van der Waals surface area (Å²) >= 11 is 0. The van der Waals surface area contributed by atoms with Crippen LogP contribution in [0.3, 0.4) is 0 Å². The van der Waals surface area contributed by atoms with E-state index in [1.807, 2.05) is 50.2 Å². The summed E-state index contributed by atoms with van der Waals surface area (Å²) in [5.41, 5.74) is 6.17. The van der Waals surface area contributed by atoms with E-state index in [-0.39, 0.29) is 12.5 Å². The molecule has 34 heavy (non-hydrogen) atoms. The van der Waals surface area contributed by atoms with Gasteiger partial charge in [0.1, 0.15) is 5.75 Å². The zero-order chi connectivity index (χ0) is 24.3. The largest absolute Gasteiger partial charge is 0.484 e. The molecule has 0 unspecified atom stereocenters. The van der Waals surface area contributed by atoms with Gasteiger partial charge in [0, 0.05) is 11.4 Å². The standard InChI is InChI=1S/C26H26N4O4/c1-3-20-8-4-5-10-23(20)29-24(31)17-34-22-9-6-7-19(15-22)16-27-30-26(33)25(32)28-21-13-11-18(2)12-14-21/h4-16H,3,17H2,1-2H3,(H,28,32)(H,29,31)(H,30,33)/b27-16-. The van der Waals surface area contributed by atoms with E-state index in [1.165, 1.54) is 6.21 Å². The summed E-state index contributed by atoms with van der Waals surface area (Å²) in [6.45, 7) is 3.79. The number of carbonyl (C=O) groups excluding carboxylic acids is 3. The summed E-state index contributed by atoms with van der Waals surface area (Å²) < 4.78 is 5.57. The monoisotopic (exact) mass is 458 g/mol. The maximum absolute atomic E-state index is 12.2. The molecule has 3 aromatic rings. The predicted octanol–water partition coefficient (Wildman–Crippen LogP) is 3.66. The Morgan fingerprint density at radius 1 is 0.912 bits per heavy atom. The lowest BCUT2D eigenvalue weighted by Crippen LogP contribution is -2.32. The van der Waals surface area contributed by atoms with E-state index in [1.54, 1.807) is 36.4 Å². The average molecular weight is 459 g/mol. The highest BCUT2D eigenvalue weighted by Crippen LogP contribution is 2.16. The van der Waals surface area contributed by atoms with Crippen molar-refractivity contribution in [2.24, 2.45) is 5.10 Å². The van der Waals surface area contributed by atoms with Crippen LogP contribution >= 0.6 is 0 Å². The molecule has 0 aliphatic rings. The van der Waals surface area contributed by atoms with Crippen molar-refractivity contribution in [3.05, 3.63) is 89.5 Å². The third-order valence-corrected chi connectivity index (χ3v) is 4.80. The molecule has 174 valence electrons. The van der Waals surface area contributed by atoms with Gasteiger partial charge in [-0.1, -0.05) is 55.0 Å². The molecule has 3 amide bonds. The maximum Gasteiger partial charge on any atom is 0.329 e. The fourth-order valence-electron chi connectivity index (χ4n) is 3.01. The summed E-state index contributed by atoms with van der Waals surface area (Å²) in [5, 5.41) is 9.15. The van der Waals surface area contributed by atoms with Crippen molar-refractivity contribution >= 4 is 35.3 Å². The SMILES string of the molecule is CCc1ccccc1NC(=O)COc1cccc(/C=N\NC(=O)C(=O)Nc2ccc(C)cc2)c1. The second-order valence-corrected chi connectivity index (χ2v) is 7.44. The quantitative estimate of drug-likeness (QED) is 0.272. The van der Waals surface area contributed by atoms with Crippen LogP contribution in [0.15, 0.2) is 77.9 Å². The highest BCUT2D eigenvalue weighted by molar-refractivity contribution is 6.39.